The summed E-state index contributed by atoms with van der Waals surface area (Å²) in [5.74, 6) is 0.337. The number of benzene rings is 1. The predicted molar refractivity (Wildman–Crippen MR) is 102 cm³/mol. The predicted octanol–water partition coefficient (Wildman–Crippen LogP) is 3.81. The van der Waals surface area contributed by atoms with Gasteiger partial charge in [-0.15, -0.1) is 0 Å². The topological polar surface area (TPSA) is 64.6 Å². The summed E-state index contributed by atoms with van der Waals surface area (Å²) in [6.07, 6.45) is 0.259. The van der Waals surface area contributed by atoms with Crippen LogP contribution in [0.2, 0.25) is 0 Å². The van der Waals surface area contributed by atoms with Crippen molar-refractivity contribution in [2.24, 2.45) is 0 Å². The summed E-state index contributed by atoms with van der Waals surface area (Å²) in [6, 6.07) is 9.35. The first kappa shape index (κ1) is 21.4. The zero-order valence-corrected chi connectivity index (χ0v) is 16.7. The number of rotatable bonds is 7. The molecule has 6 heteroatoms. The fourth-order valence-corrected chi connectivity index (χ4v) is 3.41. The normalized spacial score (nSPS) is 13.0. The lowest BCUT2D eigenvalue weighted by Crippen LogP contribution is -2.54. The van der Waals surface area contributed by atoms with Crippen molar-refractivity contribution in [2.45, 2.75) is 57.4 Å². The number of methoxy groups -OCH3 is 1. The second kappa shape index (κ2) is 9.13. The first-order valence-corrected chi connectivity index (χ1v) is 9.29. The molecule has 1 aromatic rings. The lowest BCUT2D eigenvalue weighted by molar-refractivity contribution is -0.143. The molecule has 0 saturated heterocycles. The van der Waals surface area contributed by atoms with Crippen molar-refractivity contribution in [3.8, 4) is 0 Å². The maximum absolute atomic E-state index is 12.2. The highest BCUT2D eigenvalue weighted by molar-refractivity contribution is 8.00. The van der Waals surface area contributed by atoms with E-state index in [9.17, 15) is 9.59 Å². The highest BCUT2D eigenvalue weighted by Gasteiger charge is 2.38. The largest absolute Gasteiger partial charge is 0.467 e. The van der Waals surface area contributed by atoms with Crippen LogP contribution in [-0.2, 0) is 20.7 Å². The molecule has 0 unspecified atom stereocenters. The van der Waals surface area contributed by atoms with Gasteiger partial charge in [0.25, 0.3) is 0 Å². The van der Waals surface area contributed by atoms with Crippen molar-refractivity contribution < 1.29 is 19.1 Å². The summed E-state index contributed by atoms with van der Waals surface area (Å²) in [5.41, 5.74) is 0.607. The number of alkyl carbamates (subject to hydrolysis) is 1. The van der Waals surface area contributed by atoms with Crippen LogP contribution in [0, 0.1) is 0 Å². The van der Waals surface area contributed by atoms with Crippen molar-refractivity contribution in [3.05, 3.63) is 35.9 Å². The maximum Gasteiger partial charge on any atom is 0.408 e. The van der Waals surface area contributed by atoms with E-state index in [2.05, 4.69) is 17.4 Å². The van der Waals surface area contributed by atoms with E-state index in [0.29, 0.717) is 0 Å². The van der Waals surface area contributed by atoms with Gasteiger partial charge in [0.05, 0.1) is 7.11 Å². The van der Waals surface area contributed by atoms with Crippen molar-refractivity contribution in [2.75, 3.05) is 12.9 Å². The smallest absolute Gasteiger partial charge is 0.408 e. The standard InChI is InChI=1S/C19H29NO4S/c1-18(2,3)24-17(22)20-15(16(21)23-6)19(4,5)25-13-12-14-10-8-7-9-11-14/h7-11,15H,12-13H2,1-6H3,(H,20,22)/t15-/m1/s1. The minimum Gasteiger partial charge on any atom is -0.467 e. The number of hydrogen-bond acceptors (Lipinski definition) is 5. The van der Waals surface area contributed by atoms with Crippen LogP contribution in [0.3, 0.4) is 0 Å². The van der Waals surface area contributed by atoms with Gasteiger partial charge < -0.3 is 14.8 Å². The molecule has 0 spiro atoms. The van der Waals surface area contributed by atoms with E-state index in [1.54, 1.807) is 32.5 Å². The molecule has 0 heterocycles. The van der Waals surface area contributed by atoms with E-state index >= 15 is 0 Å². The second-order valence-electron chi connectivity index (χ2n) is 7.29. The summed E-state index contributed by atoms with van der Waals surface area (Å²) in [7, 11) is 1.32. The third-order valence-corrected chi connectivity index (χ3v) is 4.89. The Morgan fingerprint density at radius 3 is 2.24 bits per heavy atom. The second-order valence-corrected chi connectivity index (χ2v) is 9.04. The van der Waals surface area contributed by atoms with Gasteiger partial charge in [0.15, 0.2) is 0 Å². The minimum atomic E-state index is -0.798. The Morgan fingerprint density at radius 2 is 1.72 bits per heavy atom. The maximum atomic E-state index is 12.2. The van der Waals surface area contributed by atoms with Crippen molar-refractivity contribution >= 4 is 23.8 Å². The molecular formula is C19H29NO4S. The number of hydrogen-bond donors (Lipinski definition) is 1. The summed E-state index contributed by atoms with van der Waals surface area (Å²) < 4.78 is 9.59. The van der Waals surface area contributed by atoms with Gasteiger partial charge in [-0.1, -0.05) is 30.3 Å². The zero-order valence-electron chi connectivity index (χ0n) is 15.9. The van der Waals surface area contributed by atoms with Gasteiger partial charge in [-0.25, -0.2) is 9.59 Å². The molecule has 1 aromatic carbocycles. The van der Waals surface area contributed by atoms with Gasteiger partial charge in [0.2, 0.25) is 0 Å². The van der Waals surface area contributed by atoms with Gasteiger partial charge in [0.1, 0.15) is 11.6 Å². The van der Waals surface area contributed by atoms with Gasteiger partial charge >= 0.3 is 12.1 Å². The molecular weight excluding hydrogens is 338 g/mol. The van der Waals surface area contributed by atoms with Crippen LogP contribution in [0.15, 0.2) is 30.3 Å². The van der Waals surface area contributed by atoms with E-state index in [0.717, 1.165) is 12.2 Å². The summed E-state index contributed by atoms with van der Waals surface area (Å²) >= 11 is 1.61. The van der Waals surface area contributed by atoms with Gasteiger partial charge in [-0.2, -0.15) is 11.8 Å². The number of carbonyl (C=O) groups excluding carboxylic acids is 2. The highest BCUT2D eigenvalue weighted by atomic mass is 32.2. The fourth-order valence-electron chi connectivity index (χ4n) is 2.22. The first-order valence-electron chi connectivity index (χ1n) is 8.30. The van der Waals surface area contributed by atoms with Crippen LogP contribution in [0.25, 0.3) is 0 Å². The quantitative estimate of drug-likeness (QED) is 0.743. The van der Waals surface area contributed by atoms with Crippen molar-refractivity contribution in [3.63, 3.8) is 0 Å². The minimum absolute atomic E-state index is 0.483. The molecule has 1 N–H and O–H groups in total. The number of amides is 1. The van der Waals surface area contributed by atoms with Gasteiger partial charge in [0, 0.05) is 4.75 Å². The highest BCUT2D eigenvalue weighted by Crippen LogP contribution is 2.30. The number of ether oxygens (including phenoxy) is 2. The molecule has 0 bridgehead atoms. The zero-order chi connectivity index (χ0) is 19.1. The Bertz CT molecular complexity index is 567. The lowest BCUT2D eigenvalue weighted by atomic mass is 10.0. The third-order valence-electron chi connectivity index (χ3n) is 3.50. The summed E-state index contributed by atoms with van der Waals surface area (Å²) in [6.45, 7) is 9.17. The molecule has 0 fully saturated rings. The van der Waals surface area contributed by atoms with Crippen LogP contribution in [0.5, 0.6) is 0 Å². The van der Waals surface area contributed by atoms with E-state index in [1.807, 2.05) is 32.0 Å². The van der Waals surface area contributed by atoms with E-state index in [-0.39, 0.29) is 0 Å². The molecule has 1 amide bonds. The molecule has 1 rings (SSSR count). The van der Waals surface area contributed by atoms with Gasteiger partial charge in [-0.05, 0) is 52.4 Å². The molecule has 0 saturated carbocycles. The Labute approximate surface area is 154 Å². The molecule has 0 aliphatic heterocycles. The molecule has 25 heavy (non-hydrogen) atoms. The molecule has 0 aliphatic carbocycles. The third kappa shape index (κ3) is 7.82. The Morgan fingerprint density at radius 1 is 1.12 bits per heavy atom. The Balaban J connectivity index is 2.71. The first-order chi connectivity index (χ1) is 11.5. The molecule has 1 atom stereocenters. The van der Waals surface area contributed by atoms with Gasteiger partial charge in [-0.3, -0.25) is 0 Å². The average Bonchev–Trinajstić information content (AvgIpc) is 2.51. The van der Waals surface area contributed by atoms with E-state index < -0.39 is 28.5 Å². The summed E-state index contributed by atoms with van der Waals surface area (Å²) in [5, 5.41) is 2.66. The molecule has 0 radical (unpaired) electrons. The SMILES string of the molecule is COC(=O)[C@@H](NC(=O)OC(C)(C)C)C(C)(C)SCCc1ccccc1. The van der Waals surface area contributed by atoms with E-state index in [4.69, 9.17) is 9.47 Å². The lowest BCUT2D eigenvalue weighted by Gasteiger charge is -2.33. The molecule has 140 valence electrons. The number of thioether (sulfide) groups is 1. The van der Waals surface area contributed by atoms with Crippen LogP contribution in [0.4, 0.5) is 4.79 Å². The van der Waals surface area contributed by atoms with Crippen LogP contribution in [-0.4, -0.2) is 41.3 Å². The van der Waals surface area contributed by atoms with Crippen LogP contribution < -0.4 is 5.32 Å². The van der Waals surface area contributed by atoms with Crippen LogP contribution in [0.1, 0.15) is 40.2 Å². The van der Waals surface area contributed by atoms with Crippen molar-refractivity contribution in [1.29, 1.82) is 0 Å². The monoisotopic (exact) mass is 367 g/mol. The van der Waals surface area contributed by atoms with E-state index in [1.165, 1.54) is 12.7 Å². The Kier molecular flexibility index (Phi) is 7.80. The molecule has 0 aromatic heterocycles. The average molecular weight is 368 g/mol. The number of esters is 1. The number of carbonyl (C=O) groups is 2. The molecule has 0 aliphatic rings. The van der Waals surface area contributed by atoms with Crippen LogP contribution >= 0.6 is 11.8 Å². The van der Waals surface area contributed by atoms with Crippen molar-refractivity contribution in [1.82, 2.24) is 5.32 Å². The number of aryl methyl sites for hydroxylation is 1. The summed E-state index contributed by atoms with van der Waals surface area (Å²) in [4.78, 5) is 24.3. The Hall–Kier alpha value is -1.69. The fraction of sp³-hybridized carbons (Fsp3) is 0.579. The molecule has 5 nitrogen and oxygen atoms in total. The number of nitrogens with one attached hydrogen (secondary N) is 1.